The zero-order valence-electron chi connectivity index (χ0n) is 11.3. The SMILES string of the molecule is Cc1nc(-c2ccc(Cl)cc2)cc(-c2cccs2)c1C#N. The summed E-state index contributed by atoms with van der Waals surface area (Å²) in [5, 5.41) is 12.1. The molecule has 2 nitrogen and oxygen atoms in total. The number of benzene rings is 1. The fourth-order valence-corrected chi connectivity index (χ4v) is 3.08. The number of rotatable bonds is 2. The van der Waals surface area contributed by atoms with Gasteiger partial charge in [-0.15, -0.1) is 11.3 Å². The van der Waals surface area contributed by atoms with Gasteiger partial charge in [0.2, 0.25) is 0 Å². The standard InChI is InChI=1S/C17H11ClN2S/c1-11-15(10-19)14(17-3-2-8-21-17)9-16(20-11)12-4-6-13(18)7-5-12/h2-9H,1H3. The molecule has 3 aromatic rings. The van der Waals surface area contributed by atoms with Crippen LogP contribution in [0.3, 0.4) is 0 Å². The highest BCUT2D eigenvalue weighted by molar-refractivity contribution is 7.13. The van der Waals surface area contributed by atoms with Crippen molar-refractivity contribution in [1.29, 1.82) is 5.26 Å². The molecule has 2 heterocycles. The molecule has 0 radical (unpaired) electrons. The molecule has 0 amide bonds. The van der Waals surface area contributed by atoms with Crippen LogP contribution in [-0.4, -0.2) is 4.98 Å². The van der Waals surface area contributed by atoms with Crippen LogP contribution in [0, 0.1) is 18.3 Å². The van der Waals surface area contributed by atoms with Crippen LogP contribution in [0.5, 0.6) is 0 Å². The Bertz CT molecular complexity index is 815. The Balaban J connectivity index is 2.21. The first-order valence-corrected chi connectivity index (χ1v) is 7.66. The van der Waals surface area contributed by atoms with Crippen molar-refractivity contribution in [1.82, 2.24) is 4.98 Å². The second-order valence-electron chi connectivity index (χ2n) is 4.61. The lowest BCUT2D eigenvalue weighted by atomic mass is 10.0. The first-order valence-electron chi connectivity index (χ1n) is 6.40. The molecule has 0 spiro atoms. The highest BCUT2D eigenvalue weighted by Gasteiger charge is 2.13. The van der Waals surface area contributed by atoms with E-state index in [-0.39, 0.29) is 0 Å². The van der Waals surface area contributed by atoms with Crippen LogP contribution in [0.2, 0.25) is 5.02 Å². The monoisotopic (exact) mass is 310 g/mol. The molecule has 0 aliphatic carbocycles. The summed E-state index contributed by atoms with van der Waals surface area (Å²) >= 11 is 7.55. The molecule has 0 aliphatic heterocycles. The Morgan fingerprint density at radius 1 is 1.19 bits per heavy atom. The fourth-order valence-electron chi connectivity index (χ4n) is 2.21. The van der Waals surface area contributed by atoms with Gasteiger partial charge in [0.15, 0.2) is 0 Å². The number of nitriles is 1. The van der Waals surface area contributed by atoms with Gasteiger partial charge in [-0.25, -0.2) is 0 Å². The Morgan fingerprint density at radius 2 is 1.95 bits per heavy atom. The number of halogens is 1. The molecule has 0 saturated heterocycles. The van der Waals surface area contributed by atoms with Gasteiger partial charge in [-0.05, 0) is 36.6 Å². The van der Waals surface area contributed by atoms with Crippen molar-refractivity contribution >= 4 is 22.9 Å². The van der Waals surface area contributed by atoms with E-state index in [4.69, 9.17) is 11.6 Å². The fraction of sp³-hybridized carbons (Fsp3) is 0.0588. The first-order chi connectivity index (χ1) is 10.2. The summed E-state index contributed by atoms with van der Waals surface area (Å²) < 4.78 is 0. The quantitative estimate of drug-likeness (QED) is 0.643. The third-order valence-corrected chi connectivity index (χ3v) is 4.39. The lowest BCUT2D eigenvalue weighted by Gasteiger charge is -2.09. The van der Waals surface area contributed by atoms with E-state index in [1.165, 1.54) is 0 Å². The van der Waals surface area contributed by atoms with Crippen LogP contribution in [0.25, 0.3) is 21.7 Å². The topological polar surface area (TPSA) is 36.7 Å². The molecule has 2 aromatic heterocycles. The van der Waals surface area contributed by atoms with Crippen LogP contribution in [0.15, 0.2) is 47.8 Å². The van der Waals surface area contributed by atoms with E-state index >= 15 is 0 Å². The van der Waals surface area contributed by atoms with E-state index in [0.717, 1.165) is 27.4 Å². The smallest absolute Gasteiger partial charge is 0.102 e. The molecule has 3 rings (SSSR count). The third-order valence-electron chi connectivity index (χ3n) is 3.24. The van der Waals surface area contributed by atoms with Gasteiger partial charge in [0, 0.05) is 21.0 Å². The maximum Gasteiger partial charge on any atom is 0.102 e. The number of aryl methyl sites for hydroxylation is 1. The van der Waals surface area contributed by atoms with E-state index in [0.29, 0.717) is 10.6 Å². The van der Waals surface area contributed by atoms with Crippen molar-refractivity contribution < 1.29 is 0 Å². The number of pyridine rings is 1. The molecule has 21 heavy (non-hydrogen) atoms. The van der Waals surface area contributed by atoms with Gasteiger partial charge >= 0.3 is 0 Å². The largest absolute Gasteiger partial charge is 0.252 e. The zero-order valence-corrected chi connectivity index (χ0v) is 12.9. The Morgan fingerprint density at radius 3 is 2.57 bits per heavy atom. The highest BCUT2D eigenvalue weighted by Crippen LogP contribution is 2.32. The summed E-state index contributed by atoms with van der Waals surface area (Å²) in [4.78, 5) is 5.63. The van der Waals surface area contributed by atoms with E-state index < -0.39 is 0 Å². The highest BCUT2D eigenvalue weighted by atomic mass is 35.5. The van der Waals surface area contributed by atoms with Crippen LogP contribution < -0.4 is 0 Å². The summed E-state index contributed by atoms with van der Waals surface area (Å²) in [6.45, 7) is 1.87. The van der Waals surface area contributed by atoms with Gasteiger partial charge in [-0.1, -0.05) is 29.8 Å². The minimum Gasteiger partial charge on any atom is -0.252 e. The second-order valence-corrected chi connectivity index (χ2v) is 6.00. The molecule has 4 heteroatoms. The number of nitrogens with zero attached hydrogens (tertiary/aromatic N) is 2. The maximum atomic E-state index is 9.39. The molecule has 1 aromatic carbocycles. The first kappa shape index (κ1) is 13.8. The predicted molar refractivity (Wildman–Crippen MR) is 87.4 cm³/mol. The number of hydrogen-bond acceptors (Lipinski definition) is 3. The van der Waals surface area contributed by atoms with E-state index in [9.17, 15) is 5.26 Å². The molecular weight excluding hydrogens is 300 g/mol. The van der Waals surface area contributed by atoms with Crippen molar-refractivity contribution in [2.75, 3.05) is 0 Å². The summed E-state index contributed by atoms with van der Waals surface area (Å²) in [5.41, 5.74) is 4.16. The van der Waals surface area contributed by atoms with Crippen LogP contribution in [-0.2, 0) is 0 Å². The van der Waals surface area contributed by atoms with Gasteiger partial charge in [0.05, 0.1) is 17.0 Å². The van der Waals surface area contributed by atoms with Gasteiger partial charge < -0.3 is 0 Å². The summed E-state index contributed by atoms with van der Waals surface area (Å²) in [6.07, 6.45) is 0. The average Bonchev–Trinajstić information content (AvgIpc) is 3.01. The second kappa shape index (κ2) is 5.69. The average molecular weight is 311 g/mol. The molecule has 0 atom stereocenters. The summed E-state index contributed by atoms with van der Waals surface area (Å²) in [7, 11) is 0. The molecule has 0 aliphatic rings. The van der Waals surface area contributed by atoms with Gasteiger partial charge in [-0.2, -0.15) is 5.26 Å². The van der Waals surface area contributed by atoms with Gasteiger partial charge in [-0.3, -0.25) is 4.98 Å². The van der Waals surface area contributed by atoms with Crippen LogP contribution >= 0.6 is 22.9 Å². The van der Waals surface area contributed by atoms with Crippen LogP contribution in [0.4, 0.5) is 0 Å². The molecule has 0 saturated carbocycles. The molecule has 102 valence electrons. The van der Waals surface area contributed by atoms with E-state index in [1.54, 1.807) is 11.3 Å². The molecule has 0 N–H and O–H groups in total. The Kier molecular flexibility index (Phi) is 3.74. The number of aromatic nitrogens is 1. The number of hydrogen-bond donors (Lipinski definition) is 0. The van der Waals surface area contributed by atoms with Crippen molar-refractivity contribution in [3.05, 3.63) is 64.1 Å². The summed E-state index contributed by atoms with van der Waals surface area (Å²) in [6, 6.07) is 15.8. The zero-order chi connectivity index (χ0) is 14.8. The predicted octanol–water partition coefficient (Wildman–Crippen LogP) is 5.31. The summed E-state index contributed by atoms with van der Waals surface area (Å²) in [5.74, 6) is 0. The number of thiophene rings is 1. The third kappa shape index (κ3) is 2.69. The lowest BCUT2D eigenvalue weighted by Crippen LogP contribution is -1.95. The molecule has 0 bridgehead atoms. The lowest BCUT2D eigenvalue weighted by molar-refractivity contribution is 1.19. The minimum absolute atomic E-state index is 0.634. The van der Waals surface area contributed by atoms with Gasteiger partial charge in [0.25, 0.3) is 0 Å². The van der Waals surface area contributed by atoms with Crippen molar-refractivity contribution in [2.24, 2.45) is 0 Å². The molecular formula is C17H11ClN2S. The normalized spacial score (nSPS) is 10.3. The molecule has 0 fully saturated rings. The maximum absolute atomic E-state index is 9.39. The van der Waals surface area contributed by atoms with Gasteiger partial charge in [0.1, 0.15) is 6.07 Å². The van der Waals surface area contributed by atoms with Crippen molar-refractivity contribution in [2.45, 2.75) is 6.92 Å². The van der Waals surface area contributed by atoms with E-state index in [2.05, 4.69) is 11.1 Å². The van der Waals surface area contributed by atoms with Crippen LogP contribution in [0.1, 0.15) is 11.3 Å². The van der Waals surface area contributed by atoms with Crippen molar-refractivity contribution in [3.8, 4) is 27.8 Å². The van der Waals surface area contributed by atoms with Crippen molar-refractivity contribution in [3.63, 3.8) is 0 Å². The Labute approximate surface area is 132 Å². The van der Waals surface area contributed by atoms with E-state index in [1.807, 2.05) is 54.8 Å². The molecule has 0 unspecified atom stereocenters. The Hall–Kier alpha value is -2.15. The minimum atomic E-state index is 0.634.